The monoisotopic (exact) mass is 311 g/mol. The minimum atomic E-state index is -0.0919. The first-order valence-corrected chi connectivity index (χ1v) is 8.05. The van der Waals surface area contributed by atoms with Crippen molar-refractivity contribution < 1.29 is 0 Å². The summed E-state index contributed by atoms with van der Waals surface area (Å²) in [6.07, 6.45) is 6.90. The number of H-pyrrole nitrogens is 2. The molecule has 1 aliphatic carbocycles. The molecule has 0 amide bonds. The van der Waals surface area contributed by atoms with Crippen LogP contribution >= 0.6 is 12.2 Å². The van der Waals surface area contributed by atoms with E-state index in [0.29, 0.717) is 15.8 Å². The number of aromatic amines is 2. The number of nitrogens with zero attached hydrogens (tertiary/aromatic N) is 1. The Kier molecular flexibility index (Phi) is 3.22. The summed E-state index contributed by atoms with van der Waals surface area (Å²) < 4.78 is 1.96. The van der Waals surface area contributed by atoms with E-state index in [1.54, 1.807) is 16.8 Å². The van der Waals surface area contributed by atoms with Crippen LogP contribution in [0.5, 0.6) is 0 Å². The Balaban J connectivity index is 1.71. The van der Waals surface area contributed by atoms with Crippen molar-refractivity contribution in [1.29, 1.82) is 0 Å². The largest absolute Gasteiger partial charge is 0.347 e. The Morgan fingerprint density at radius 3 is 2.68 bits per heavy atom. The van der Waals surface area contributed by atoms with Crippen molar-refractivity contribution in [3.05, 3.63) is 57.2 Å². The number of nitrogens with one attached hydrogen (secondary N) is 2. The van der Waals surface area contributed by atoms with Crippen LogP contribution in [0.4, 0.5) is 0 Å². The molecule has 0 aliphatic heterocycles. The smallest absolute Gasteiger partial charge is 0.268 e. The number of hydrogen-bond acceptors (Lipinski definition) is 2. The van der Waals surface area contributed by atoms with Gasteiger partial charge in [-0.15, -0.1) is 0 Å². The molecular formula is C17H17N3OS. The summed E-state index contributed by atoms with van der Waals surface area (Å²) in [4.78, 5) is 18.6. The van der Waals surface area contributed by atoms with Gasteiger partial charge in [-0.25, -0.2) is 0 Å². The fourth-order valence-electron chi connectivity index (χ4n) is 2.85. The topological polar surface area (TPSA) is 53.6 Å². The quantitative estimate of drug-likeness (QED) is 0.722. The fraction of sp³-hybridized carbons (Fsp3) is 0.294. The van der Waals surface area contributed by atoms with Crippen molar-refractivity contribution in [2.75, 3.05) is 0 Å². The van der Waals surface area contributed by atoms with Gasteiger partial charge in [0.05, 0.1) is 11.1 Å². The van der Waals surface area contributed by atoms with Gasteiger partial charge in [0, 0.05) is 6.20 Å². The van der Waals surface area contributed by atoms with Gasteiger partial charge in [0.15, 0.2) is 4.77 Å². The zero-order chi connectivity index (χ0) is 15.1. The summed E-state index contributed by atoms with van der Waals surface area (Å²) in [5, 5.41) is 0.617. The predicted molar refractivity (Wildman–Crippen MR) is 90.1 cm³/mol. The van der Waals surface area contributed by atoms with Gasteiger partial charge >= 0.3 is 0 Å². The van der Waals surface area contributed by atoms with Gasteiger partial charge in [-0.2, -0.15) is 0 Å². The molecular weight excluding hydrogens is 294 g/mol. The maximum Gasteiger partial charge on any atom is 0.268 e. The Bertz CT molecular complexity index is 929. The number of fused-ring (bicyclic) bond motifs is 1. The number of aromatic nitrogens is 3. The Hall–Kier alpha value is -2.14. The molecule has 22 heavy (non-hydrogen) atoms. The number of rotatable bonds is 4. The third-order valence-electron chi connectivity index (χ3n) is 4.35. The Morgan fingerprint density at radius 1 is 1.18 bits per heavy atom. The number of benzene rings is 1. The molecule has 1 aromatic carbocycles. The van der Waals surface area contributed by atoms with E-state index < -0.39 is 0 Å². The van der Waals surface area contributed by atoms with Crippen LogP contribution in [0.2, 0.25) is 0 Å². The van der Waals surface area contributed by atoms with Crippen molar-refractivity contribution in [2.24, 2.45) is 5.92 Å². The fourth-order valence-corrected chi connectivity index (χ4v) is 3.14. The lowest BCUT2D eigenvalue weighted by Gasteiger charge is -2.08. The van der Waals surface area contributed by atoms with Crippen LogP contribution in [-0.2, 0) is 6.42 Å². The molecule has 3 aromatic rings. The molecule has 5 heteroatoms. The van der Waals surface area contributed by atoms with Crippen LogP contribution in [0.3, 0.4) is 0 Å². The van der Waals surface area contributed by atoms with E-state index in [2.05, 4.69) is 22.1 Å². The van der Waals surface area contributed by atoms with E-state index in [1.165, 1.54) is 24.8 Å². The zero-order valence-corrected chi connectivity index (χ0v) is 13.0. The van der Waals surface area contributed by atoms with E-state index in [0.717, 1.165) is 18.0 Å². The summed E-state index contributed by atoms with van der Waals surface area (Å²) >= 11 is 5.33. The highest BCUT2D eigenvalue weighted by atomic mass is 32.1. The predicted octanol–water partition coefficient (Wildman–Crippen LogP) is 3.72. The Labute approximate surface area is 132 Å². The lowest BCUT2D eigenvalue weighted by molar-refractivity contribution is 0.726. The summed E-state index contributed by atoms with van der Waals surface area (Å²) in [6, 6.07) is 9.92. The van der Waals surface area contributed by atoms with Gasteiger partial charge in [0.1, 0.15) is 5.65 Å². The standard InChI is InChI=1S/C17H17N3OS/c21-16-14-9-10-18-15(14)19-17(22)20(16)13-7-5-12(6-8-13)4-3-11-1-2-11/h5-11,18H,1-4H2,(H,19,22). The highest BCUT2D eigenvalue weighted by molar-refractivity contribution is 7.71. The second-order valence-electron chi connectivity index (χ2n) is 5.99. The third kappa shape index (κ3) is 2.41. The first-order chi connectivity index (χ1) is 10.7. The van der Waals surface area contributed by atoms with Gasteiger partial charge in [-0.3, -0.25) is 9.36 Å². The van der Waals surface area contributed by atoms with E-state index >= 15 is 0 Å². The molecule has 0 bridgehead atoms. The lowest BCUT2D eigenvalue weighted by Crippen LogP contribution is -2.19. The van der Waals surface area contributed by atoms with Crippen LogP contribution in [0.1, 0.15) is 24.8 Å². The summed E-state index contributed by atoms with van der Waals surface area (Å²) in [5.41, 5.74) is 2.71. The SMILES string of the molecule is O=c1c2cc[nH]c2[nH]c(=S)n1-c1ccc(CCC2CC2)cc1. The van der Waals surface area contributed by atoms with Crippen LogP contribution < -0.4 is 5.56 Å². The minimum absolute atomic E-state index is 0.0919. The molecule has 0 spiro atoms. The lowest BCUT2D eigenvalue weighted by atomic mass is 10.1. The molecule has 1 aliphatic rings. The third-order valence-corrected chi connectivity index (χ3v) is 4.63. The first kappa shape index (κ1) is 13.5. The van der Waals surface area contributed by atoms with Crippen LogP contribution in [0.15, 0.2) is 41.3 Å². The molecule has 0 radical (unpaired) electrons. The van der Waals surface area contributed by atoms with Gasteiger partial charge in [-0.1, -0.05) is 25.0 Å². The Morgan fingerprint density at radius 2 is 1.95 bits per heavy atom. The molecule has 4 rings (SSSR count). The molecule has 0 atom stereocenters. The van der Waals surface area contributed by atoms with Crippen LogP contribution in [0.25, 0.3) is 16.7 Å². The first-order valence-electron chi connectivity index (χ1n) is 7.64. The molecule has 0 unspecified atom stereocenters. The average Bonchev–Trinajstić information content (AvgIpc) is 3.23. The number of hydrogen-bond donors (Lipinski definition) is 2. The maximum absolute atomic E-state index is 12.6. The van der Waals surface area contributed by atoms with Crippen molar-refractivity contribution in [3.63, 3.8) is 0 Å². The van der Waals surface area contributed by atoms with E-state index in [9.17, 15) is 4.79 Å². The molecule has 2 N–H and O–H groups in total. The van der Waals surface area contributed by atoms with Gasteiger partial charge < -0.3 is 9.97 Å². The molecule has 4 nitrogen and oxygen atoms in total. The molecule has 0 saturated heterocycles. The normalized spacial score (nSPS) is 14.5. The minimum Gasteiger partial charge on any atom is -0.347 e. The van der Waals surface area contributed by atoms with Crippen LogP contribution in [-0.4, -0.2) is 14.5 Å². The summed E-state index contributed by atoms with van der Waals surface area (Å²) in [7, 11) is 0. The van der Waals surface area contributed by atoms with E-state index in [-0.39, 0.29) is 5.56 Å². The van der Waals surface area contributed by atoms with Crippen molar-refractivity contribution in [3.8, 4) is 5.69 Å². The molecule has 1 saturated carbocycles. The van der Waals surface area contributed by atoms with Gasteiger partial charge in [-0.05, 0) is 54.7 Å². The second kappa shape index (κ2) is 5.25. The van der Waals surface area contributed by atoms with E-state index in [1.807, 2.05) is 12.1 Å². The van der Waals surface area contributed by atoms with Crippen LogP contribution in [0, 0.1) is 10.7 Å². The molecule has 1 fully saturated rings. The van der Waals surface area contributed by atoms with Gasteiger partial charge in [0.2, 0.25) is 0 Å². The number of aryl methyl sites for hydroxylation is 1. The van der Waals surface area contributed by atoms with Crippen molar-refractivity contribution in [2.45, 2.75) is 25.7 Å². The van der Waals surface area contributed by atoms with Crippen molar-refractivity contribution in [1.82, 2.24) is 14.5 Å². The zero-order valence-electron chi connectivity index (χ0n) is 12.1. The summed E-state index contributed by atoms with van der Waals surface area (Å²) in [5.74, 6) is 0.937. The molecule has 2 heterocycles. The highest BCUT2D eigenvalue weighted by Gasteiger charge is 2.20. The van der Waals surface area contributed by atoms with Gasteiger partial charge in [0.25, 0.3) is 5.56 Å². The highest BCUT2D eigenvalue weighted by Crippen LogP contribution is 2.33. The van der Waals surface area contributed by atoms with Crippen molar-refractivity contribution >= 4 is 23.3 Å². The molecule has 2 aromatic heterocycles. The second-order valence-corrected chi connectivity index (χ2v) is 6.37. The molecule has 112 valence electrons. The average molecular weight is 311 g/mol. The summed E-state index contributed by atoms with van der Waals surface area (Å²) in [6.45, 7) is 0. The van der Waals surface area contributed by atoms with E-state index in [4.69, 9.17) is 12.2 Å². The maximum atomic E-state index is 12.6.